The van der Waals surface area contributed by atoms with E-state index in [-0.39, 0.29) is 5.91 Å². The molecule has 3 rings (SSSR count). The Kier molecular flexibility index (Phi) is 4.23. The van der Waals surface area contributed by atoms with Gasteiger partial charge in [0.05, 0.1) is 12.2 Å². The number of halogens is 1. The lowest BCUT2D eigenvalue weighted by atomic mass is 10.1. The molecule has 1 aliphatic heterocycles. The van der Waals surface area contributed by atoms with Crippen molar-refractivity contribution in [2.24, 2.45) is 0 Å². The number of hydroxylamine groups is 2. The van der Waals surface area contributed by atoms with Crippen molar-refractivity contribution in [3.05, 3.63) is 52.8 Å². The zero-order valence-electron chi connectivity index (χ0n) is 12.7. The summed E-state index contributed by atoms with van der Waals surface area (Å²) in [6, 6.07) is 11.0. The highest BCUT2D eigenvalue weighted by atomic mass is 79.9. The predicted octanol–water partition coefficient (Wildman–Crippen LogP) is 2.84. The Bertz CT molecular complexity index is 711. The number of benzene rings is 1. The van der Waals surface area contributed by atoms with E-state index in [1.807, 2.05) is 24.3 Å². The van der Waals surface area contributed by atoms with Crippen molar-refractivity contribution in [1.82, 2.24) is 15.5 Å². The van der Waals surface area contributed by atoms with E-state index in [4.69, 9.17) is 9.68 Å². The van der Waals surface area contributed by atoms with E-state index in [2.05, 4.69) is 26.2 Å². The second-order valence-corrected chi connectivity index (χ2v) is 6.41. The summed E-state index contributed by atoms with van der Waals surface area (Å²) in [5.41, 5.74) is -0.261. The van der Waals surface area contributed by atoms with Crippen molar-refractivity contribution in [1.29, 1.82) is 0 Å². The molecule has 0 bridgehead atoms. The van der Waals surface area contributed by atoms with E-state index in [9.17, 15) is 4.79 Å². The third-order valence-electron chi connectivity index (χ3n) is 3.47. The number of para-hydroxylation sites is 2. The molecule has 0 saturated heterocycles. The number of rotatable bonds is 4. The quantitative estimate of drug-likeness (QED) is 0.887. The molecule has 0 aliphatic carbocycles. The highest BCUT2D eigenvalue weighted by Crippen LogP contribution is 2.36. The summed E-state index contributed by atoms with van der Waals surface area (Å²) < 4.78 is 0.846. The number of amides is 1. The molecule has 23 heavy (non-hydrogen) atoms. The monoisotopic (exact) mass is 377 g/mol. The second-order valence-electron chi connectivity index (χ2n) is 5.56. The molecule has 0 saturated carbocycles. The number of hydrogen-bond acceptors (Lipinski definition) is 5. The molecule has 2 aromatic rings. The third kappa shape index (κ3) is 3.16. The first-order valence-corrected chi connectivity index (χ1v) is 7.90. The Balaban J connectivity index is 1.66. The van der Waals surface area contributed by atoms with Gasteiger partial charge in [0.1, 0.15) is 0 Å². The molecule has 0 atom stereocenters. The predicted molar refractivity (Wildman–Crippen MR) is 87.4 cm³/mol. The molecule has 0 unspecified atom stereocenters. The highest BCUT2D eigenvalue weighted by molar-refractivity contribution is 9.10. The van der Waals surface area contributed by atoms with Crippen LogP contribution in [0.5, 0.6) is 11.5 Å². The molecule has 7 heteroatoms. The van der Waals surface area contributed by atoms with Crippen molar-refractivity contribution in [3.63, 3.8) is 0 Å². The maximum atomic E-state index is 12.5. The molecule has 1 amide bonds. The minimum atomic E-state index is -1.01. The maximum Gasteiger partial charge on any atom is 0.247 e. The van der Waals surface area contributed by atoms with Crippen LogP contribution in [0.3, 0.4) is 0 Å². The van der Waals surface area contributed by atoms with E-state index in [0.717, 1.165) is 10.2 Å². The normalized spacial score (nSPS) is 13.9. The zero-order valence-corrected chi connectivity index (χ0v) is 14.3. The summed E-state index contributed by atoms with van der Waals surface area (Å²) in [7, 11) is 0. The van der Waals surface area contributed by atoms with Crippen LogP contribution in [0.2, 0.25) is 0 Å². The smallest absolute Gasteiger partial charge is 0.247 e. The van der Waals surface area contributed by atoms with Crippen LogP contribution in [0.1, 0.15) is 19.5 Å². The lowest BCUT2D eigenvalue weighted by Gasteiger charge is -2.29. The Morgan fingerprint density at radius 2 is 1.87 bits per heavy atom. The molecule has 0 radical (unpaired) electrons. The topological polar surface area (TPSA) is 63.7 Å². The van der Waals surface area contributed by atoms with Crippen molar-refractivity contribution in [3.8, 4) is 11.5 Å². The summed E-state index contributed by atoms with van der Waals surface area (Å²) >= 11 is 3.41. The van der Waals surface area contributed by atoms with Crippen molar-refractivity contribution >= 4 is 21.8 Å². The van der Waals surface area contributed by atoms with E-state index >= 15 is 0 Å². The number of nitrogens with zero attached hydrogens (tertiary/aromatic N) is 2. The molecule has 2 heterocycles. The summed E-state index contributed by atoms with van der Waals surface area (Å²) in [5, 5.41) is 4.06. The first-order chi connectivity index (χ1) is 11.0. The number of carbonyl (C=O) groups excluding carboxylic acids is 1. The molecule has 1 N–H and O–H groups in total. The SMILES string of the molecule is CC(C)(C(=O)NCc1ncccc1Br)N1Oc2ccccc2O1. The summed E-state index contributed by atoms with van der Waals surface area (Å²) in [6.45, 7) is 3.76. The first kappa shape index (κ1) is 15.8. The second kappa shape index (κ2) is 6.17. The minimum Gasteiger partial charge on any atom is -0.366 e. The average molecular weight is 378 g/mol. The van der Waals surface area contributed by atoms with Gasteiger partial charge in [-0.3, -0.25) is 9.78 Å². The van der Waals surface area contributed by atoms with Crippen LogP contribution in [0.15, 0.2) is 47.1 Å². The summed E-state index contributed by atoms with van der Waals surface area (Å²) in [4.78, 5) is 27.9. The van der Waals surface area contributed by atoms with E-state index in [0.29, 0.717) is 18.0 Å². The van der Waals surface area contributed by atoms with Gasteiger partial charge in [0.2, 0.25) is 5.91 Å². The molecule has 1 aromatic carbocycles. The molecular formula is C16H16BrN3O3. The van der Waals surface area contributed by atoms with Gasteiger partial charge in [-0.25, -0.2) is 0 Å². The van der Waals surface area contributed by atoms with E-state index in [1.54, 1.807) is 32.2 Å². The lowest BCUT2D eigenvalue weighted by Crippen LogP contribution is -2.56. The van der Waals surface area contributed by atoms with Gasteiger partial charge in [0.15, 0.2) is 17.0 Å². The molecule has 120 valence electrons. The number of pyridine rings is 1. The summed E-state index contributed by atoms with van der Waals surface area (Å²) in [6.07, 6.45) is 1.68. The fourth-order valence-electron chi connectivity index (χ4n) is 2.04. The van der Waals surface area contributed by atoms with E-state index in [1.165, 1.54) is 5.23 Å². The molecule has 0 fully saturated rings. The Labute approximate surface area is 142 Å². The van der Waals surface area contributed by atoms with Crippen LogP contribution < -0.4 is 15.0 Å². The number of carbonyl (C=O) groups is 1. The summed E-state index contributed by atoms with van der Waals surface area (Å²) in [5.74, 6) is 0.935. The van der Waals surface area contributed by atoms with Crippen LogP contribution in [0.25, 0.3) is 0 Å². The van der Waals surface area contributed by atoms with E-state index < -0.39 is 5.54 Å². The van der Waals surface area contributed by atoms with Crippen molar-refractivity contribution < 1.29 is 14.5 Å². The van der Waals surface area contributed by atoms with Gasteiger partial charge in [-0.1, -0.05) is 12.1 Å². The van der Waals surface area contributed by atoms with Gasteiger partial charge in [-0.15, -0.1) is 0 Å². The van der Waals surface area contributed by atoms with Crippen LogP contribution in [-0.2, 0) is 11.3 Å². The number of fused-ring (bicyclic) bond motifs is 1. The maximum absolute atomic E-state index is 12.5. The van der Waals surface area contributed by atoms with Crippen LogP contribution in [0.4, 0.5) is 0 Å². The molecule has 1 aliphatic rings. The largest absolute Gasteiger partial charge is 0.366 e. The highest BCUT2D eigenvalue weighted by Gasteiger charge is 2.42. The fraction of sp³-hybridized carbons (Fsp3) is 0.250. The lowest BCUT2D eigenvalue weighted by molar-refractivity contribution is -0.275. The van der Waals surface area contributed by atoms with Crippen LogP contribution in [0, 0.1) is 0 Å². The fourth-order valence-corrected chi connectivity index (χ4v) is 2.43. The van der Waals surface area contributed by atoms with Gasteiger partial charge < -0.3 is 15.0 Å². The molecular weight excluding hydrogens is 362 g/mol. The van der Waals surface area contributed by atoms with Gasteiger partial charge in [0.25, 0.3) is 0 Å². The minimum absolute atomic E-state index is 0.233. The standard InChI is InChI=1S/C16H16BrN3O3/c1-16(2,20-22-13-7-3-4-8-14(13)23-20)15(21)19-10-12-11(17)6-5-9-18-12/h3-9H,10H2,1-2H3,(H,19,21). The van der Waals surface area contributed by atoms with Crippen molar-refractivity contribution in [2.75, 3.05) is 0 Å². The van der Waals surface area contributed by atoms with Crippen LogP contribution >= 0.6 is 15.9 Å². The van der Waals surface area contributed by atoms with Gasteiger partial charge in [-0.05, 0) is 54.0 Å². The first-order valence-electron chi connectivity index (χ1n) is 7.11. The van der Waals surface area contributed by atoms with Gasteiger partial charge in [0, 0.05) is 15.9 Å². The van der Waals surface area contributed by atoms with Gasteiger partial charge >= 0.3 is 0 Å². The van der Waals surface area contributed by atoms with Gasteiger partial charge in [-0.2, -0.15) is 0 Å². The zero-order chi connectivity index (χ0) is 16.4. The molecule has 1 aromatic heterocycles. The van der Waals surface area contributed by atoms with Crippen molar-refractivity contribution in [2.45, 2.75) is 25.9 Å². The third-order valence-corrected chi connectivity index (χ3v) is 4.20. The average Bonchev–Trinajstić information content (AvgIpc) is 2.98. The van der Waals surface area contributed by atoms with Crippen LogP contribution in [-0.4, -0.2) is 21.7 Å². The number of hydrogen-bond donors (Lipinski definition) is 1. The molecule has 6 nitrogen and oxygen atoms in total. The molecule has 0 spiro atoms. The Morgan fingerprint density at radius 1 is 1.22 bits per heavy atom. The Morgan fingerprint density at radius 3 is 2.48 bits per heavy atom. The number of nitrogens with one attached hydrogen (secondary N) is 1. The Hall–Kier alpha value is -2.12. The number of aromatic nitrogens is 1.